The van der Waals surface area contributed by atoms with Gasteiger partial charge in [0, 0.05) is 56.0 Å². The lowest BCUT2D eigenvalue weighted by molar-refractivity contribution is -0.925. The predicted octanol–water partition coefficient (Wildman–Crippen LogP) is 0.748. The number of rotatable bonds is 14. The lowest BCUT2D eigenvalue weighted by atomic mass is 10.0. The Labute approximate surface area is 309 Å². The van der Waals surface area contributed by atoms with Gasteiger partial charge in [0.2, 0.25) is 6.10 Å². The van der Waals surface area contributed by atoms with E-state index in [1.165, 1.54) is 36.4 Å². The number of phenols is 2. The second-order valence-electron chi connectivity index (χ2n) is 13.1. The summed E-state index contributed by atoms with van der Waals surface area (Å²) < 4.78 is 7.87. The van der Waals surface area contributed by atoms with Crippen LogP contribution in [0.4, 0.5) is 5.13 Å². The zero-order valence-electron chi connectivity index (χ0n) is 28.7. The molecule has 20 heteroatoms. The SMILES string of the molecule is COCC1=C(C[N+]2(Cc3cn(C)c4cc(O)c(O)cc4c3=O)CCCC2)CSC2C(NC(=O)C(=NOC(CC(=O)O)C(=O)O)c3csc(N)n3)C(=O)N12. The van der Waals surface area contributed by atoms with Crippen molar-refractivity contribution in [1.29, 1.82) is 0 Å². The van der Waals surface area contributed by atoms with E-state index in [2.05, 4.69) is 15.5 Å². The minimum atomic E-state index is -1.89. The van der Waals surface area contributed by atoms with Crippen LogP contribution in [0.2, 0.25) is 0 Å². The predicted molar refractivity (Wildman–Crippen MR) is 192 cm³/mol. The summed E-state index contributed by atoms with van der Waals surface area (Å²) in [6.07, 6.45) is 0.842. The van der Waals surface area contributed by atoms with E-state index in [0.717, 1.165) is 42.8 Å². The zero-order chi connectivity index (χ0) is 38.2. The highest BCUT2D eigenvalue weighted by Gasteiger charge is 2.53. The number of aryl methyl sites for hydroxylation is 1. The first kappa shape index (κ1) is 37.6. The Balaban J connectivity index is 1.23. The number of ether oxygens (including phenoxy) is 1. The number of hydrogen-bond acceptors (Lipinski definition) is 14. The van der Waals surface area contributed by atoms with E-state index >= 15 is 0 Å². The van der Waals surface area contributed by atoms with E-state index in [4.69, 9.17) is 20.4 Å². The number of carbonyl (C=O) groups excluding carboxylic acids is 2. The van der Waals surface area contributed by atoms with Crippen molar-refractivity contribution < 1.29 is 53.7 Å². The van der Waals surface area contributed by atoms with Gasteiger partial charge in [-0.3, -0.25) is 24.1 Å². The standard InChI is InChI=1S/C33H37N7O11S2/c1-38-10-16(28(45)18-7-22(41)23(42)8-20(18)38)11-40(5-3-4-6-40)12-17-14-52-31-27(30(47)39(31)21(17)13-50-2)36-29(46)26(19-15-53-33(34)35-19)37-51-24(32(48)49)9-25(43)44/h7-8,10,15,24,27,31H,3-6,9,11-14H2,1-2H3,(H6-,34,35,36,37,41,42,43,44,45,46,48,49)/p+1. The Kier molecular flexibility index (Phi) is 10.7. The number of aliphatic carboxylic acids is 2. The summed E-state index contributed by atoms with van der Waals surface area (Å²) in [5.74, 6) is -4.56. The van der Waals surface area contributed by atoms with Crippen LogP contribution in [0.3, 0.4) is 0 Å². The number of likely N-dealkylation sites (tertiary alicyclic amines) is 1. The molecule has 6 rings (SSSR count). The van der Waals surface area contributed by atoms with Crippen LogP contribution in [0.5, 0.6) is 11.5 Å². The number of carbonyl (C=O) groups is 4. The van der Waals surface area contributed by atoms with Gasteiger partial charge in [0.05, 0.1) is 48.3 Å². The van der Waals surface area contributed by atoms with Gasteiger partial charge in [-0.2, -0.15) is 0 Å². The molecule has 53 heavy (non-hydrogen) atoms. The van der Waals surface area contributed by atoms with Crippen LogP contribution in [0.1, 0.15) is 30.5 Å². The third-order valence-electron chi connectivity index (χ3n) is 9.53. The number of hydrogen-bond donors (Lipinski definition) is 6. The van der Waals surface area contributed by atoms with Crippen LogP contribution in [0.25, 0.3) is 10.9 Å². The number of carboxylic acids is 2. The highest BCUT2D eigenvalue weighted by molar-refractivity contribution is 8.00. The minimum absolute atomic E-state index is 0.0533. The van der Waals surface area contributed by atoms with Gasteiger partial charge in [0.25, 0.3) is 11.8 Å². The molecule has 3 aromatic rings. The fraction of sp³-hybridized carbons (Fsp3) is 0.424. The van der Waals surface area contributed by atoms with Crippen LogP contribution in [0, 0.1) is 0 Å². The molecule has 0 bridgehead atoms. The van der Waals surface area contributed by atoms with Crippen molar-refractivity contribution >= 4 is 68.6 Å². The van der Waals surface area contributed by atoms with Gasteiger partial charge in [0.15, 0.2) is 27.8 Å². The summed E-state index contributed by atoms with van der Waals surface area (Å²) in [6.45, 7) is 2.68. The number of nitrogens with two attached hydrogens (primary N) is 1. The van der Waals surface area contributed by atoms with E-state index in [1.54, 1.807) is 22.7 Å². The molecule has 2 fully saturated rings. The van der Waals surface area contributed by atoms with Crippen molar-refractivity contribution in [1.82, 2.24) is 19.8 Å². The number of methoxy groups -OCH3 is 1. The summed E-state index contributed by atoms with van der Waals surface area (Å²) in [6, 6.07) is 1.65. The monoisotopic (exact) mass is 772 g/mol. The maximum Gasteiger partial charge on any atom is 0.348 e. The molecule has 3 aliphatic heterocycles. The molecule has 282 valence electrons. The highest BCUT2D eigenvalue weighted by Crippen LogP contribution is 2.42. The molecule has 2 amide bonds. The number of nitrogen functional groups attached to an aromatic ring is 1. The van der Waals surface area contributed by atoms with Crippen molar-refractivity contribution in [3.63, 3.8) is 0 Å². The molecule has 3 aliphatic rings. The van der Waals surface area contributed by atoms with E-state index in [0.29, 0.717) is 45.5 Å². The number of benzene rings is 1. The average Bonchev–Trinajstić information content (AvgIpc) is 3.75. The molecule has 0 spiro atoms. The summed E-state index contributed by atoms with van der Waals surface area (Å²) >= 11 is 2.43. The molecule has 0 aliphatic carbocycles. The molecule has 5 heterocycles. The number of anilines is 1. The first-order valence-electron chi connectivity index (χ1n) is 16.5. The van der Waals surface area contributed by atoms with E-state index < -0.39 is 53.4 Å². The van der Waals surface area contributed by atoms with Crippen molar-refractivity contribution in [3.8, 4) is 11.5 Å². The number of oxime groups is 1. The smallest absolute Gasteiger partial charge is 0.348 e. The maximum absolute atomic E-state index is 13.7. The van der Waals surface area contributed by atoms with Crippen molar-refractivity contribution in [2.45, 2.75) is 43.3 Å². The Morgan fingerprint density at radius 3 is 2.51 bits per heavy atom. The van der Waals surface area contributed by atoms with Gasteiger partial charge in [0.1, 0.15) is 30.2 Å². The summed E-state index contributed by atoms with van der Waals surface area (Å²) in [4.78, 5) is 74.2. The molecule has 0 radical (unpaired) electrons. The normalized spacial score (nSPS) is 20.2. The summed E-state index contributed by atoms with van der Waals surface area (Å²) in [5, 5.41) is 46.1. The number of pyridine rings is 1. The lowest BCUT2D eigenvalue weighted by Gasteiger charge is -2.51. The third-order valence-corrected chi connectivity index (χ3v) is 11.5. The van der Waals surface area contributed by atoms with Crippen LogP contribution >= 0.6 is 23.1 Å². The van der Waals surface area contributed by atoms with Gasteiger partial charge in [-0.25, -0.2) is 9.78 Å². The Morgan fingerprint density at radius 1 is 1.15 bits per heavy atom. The molecule has 2 aromatic heterocycles. The number of phenolic OH excluding ortho intramolecular Hbond substituents is 2. The first-order chi connectivity index (χ1) is 25.2. The molecular formula is C33H38N7O11S2+. The van der Waals surface area contributed by atoms with Gasteiger partial charge in [-0.1, -0.05) is 5.16 Å². The number of thiazole rings is 1. The lowest BCUT2D eigenvalue weighted by Crippen LogP contribution is -2.71. The summed E-state index contributed by atoms with van der Waals surface area (Å²) in [7, 11) is 3.30. The Hall–Kier alpha value is -5.18. The zero-order valence-corrected chi connectivity index (χ0v) is 30.3. The topological polar surface area (TPSA) is 256 Å². The molecule has 7 N–H and O–H groups in total. The highest BCUT2D eigenvalue weighted by atomic mass is 32.2. The second-order valence-corrected chi connectivity index (χ2v) is 15.1. The molecule has 3 unspecified atom stereocenters. The van der Waals surface area contributed by atoms with Crippen LogP contribution in [0.15, 0.2) is 44.9 Å². The number of carboxylic acid groups (broad SMARTS) is 2. The number of nitrogens with zero attached hydrogens (tertiary/aromatic N) is 5. The Morgan fingerprint density at radius 2 is 1.87 bits per heavy atom. The Bertz CT molecular complexity index is 2110. The molecule has 2 saturated heterocycles. The molecule has 0 saturated carbocycles. The van der Waals surface area contributed by atoms with E-state index in [1.807, 2.05) is 0 Å². The fourth-order valence-electron chi connectivity index (χ4n) is 7.03. The first-order valence-corrected chi connectivity index (χ1v) is 18.4. The largest absolute Gasteiger partial charge is 0.504 e. The average molecular weight is 773 g/mol. The quantitative estimate of drug-likeness (QED) is 0.0435. The maximum atomic E-state index is 13.7. The number of fused-ring (bicyclic) bond motifs is 2. The van der Waals surface area contributed by atoms with Gasteiger partial charge >= 0.3 is 11.9 Å². The number of aromatic nitrogens is 2. The van der Waals surface area contributed by atoms with Crippen molar-refractivity contribution in [3.05, 3.63) is 56.5 Å². The molecular weight excluding hydrogens is 735 g/mol. The molecule has 18 nitrogen and oxygen atoms in total. The van der Waals surface area contributed by atoms with E-state index in [-0.39, 0.29) is 34.4 Å². The van der Waals surface area contributed by atoms with Gasteiger partial charge < -0.3 is 50.1 Å². The van der Waals surface area contributed by atoms with Crippen molar-refractivity contribution in [2.75, 3.05) is 44.8 Å². The van der Waals surface area contributed by atoms with Crippen LogP contribution in [-0.2, 0) is 42.3 Å². The van der Waals surface area contributed by atoms with Crippen LogP contribution in [-0.4, -0.2) is 125 Å². The number of β-lactam (4-membered cyclic amide) rings is 1. The molecule has 1 aromatic carbocycles. The number of quaternary nitrogens is 1. The minimum Gasteiger partial charge on any atom is -0.504 e. The number of thioether (sulfide) groups is 1. The van der Waals surface area contributed by atoms with Crippen LogP contribution < -0.4 is 16.5 Å². The number of amides is 2. The number of aromatic hydroxyl groups is 2. The number of nitrogens with one attached hydrogen (secondary N) is 1. The van der Waals surface area contributed by atoms with E-state index in [9.17, 15) is 39.3 Å². The van der Waals surface area contributed by atoms with Gasteiger partial charge in [-0.15, -0.1) is 23.1 Å². The third kappa shape index (κ3) is 7.52. The van der Waals surface area contributed by atoms with Crippen molar-refractivity contribution in [2.24, 2.45) is 12.2 Å². The second kappa shape index (κ2) is 15.0. The van der Waals surface area contributed by atoms with Gasteiger partial charge in [-0.05, 0) is 6.07 Å². The fourth-order valence-corrected chi connectivity index (χ4v) is 8.96. The molecule has 3 atom stereocenters. The summed E-state index contributed by atoms with van der Waals surface area (Å²) in [5.41, 5.74) is 7.67.